The maximum absolute atomic E-state index is 10.9. The monoisotopic (exact) mass is 326 g/mol. The van der Waals surface area contributed by atoms with Crippen molar-refractivity contribution in [3.05, 3.63) is 0 Å². The predicted octanol–water partition coefficient (Wildman–Crippen LogP) is 4.85. The van der Waals surface area contributed by atoms with Crippen LogP contribution in [0.3, 0.4) is 0 Å². The summed E-state index contributed by atoms with van der Waals surface area (Å²) in [6.07, 6.45) is 14.0. The van der Waals surface area contributed by atoms with Crippen molar-refractivity contribution in [3.8, 4) is 0 Å². The van der Waals surface area contributed by atoms with E-state index in [2.05, 4.69) is 6.26 Å². The lowest BCUT2D eigenvalue weighted by Crippen LogP contribution is -2.61. The molecule has 3 saturated carbocycles. The summed E-state index contributed by atoms with van der Waals surface area (Å²) in [6, 6.07) is 0. The minimum Gasteiger partial charge on any atom is -0.390 e. The van der Waals surface area contributed by atoms with Gasteiger partial charge in [0.05, 0.1) is 17.1 Å². The highest BCUT2D eigenvalue weighted by molar-refractivity contribution is 7.98. The van der Waals surface area contributed by atoms with Crippen molar-refractivity contribution >= 4 is 11.8 Å². The van der Waals surface area contributed by atoms with Gasteiger partial charge in [-0.1, -0.05) is 32.1 Å². The second-order valence-corrected chi connectivity index (χ2v) is 9.40. The molecule has 2 nitrogen and oxygen atoms in total. The molecule has 5 atom stereocenters. The smallest absolute Gasteiger partial charge is 0.0926 e. The molecule has 0 saturated heterocycles. The van der Waals surface area contributed by atoms with E-state index in [1.807, 2.05) is 13.8 Å². The van der Waals surface area contributed by atoms with Crippen LogP contribution in [-0.4, -0.2) is 28.5 Å². The molecule has 1 N–H and O–H groups in total. The molecule has 0 aromatic heterocycles. The van der Waals surface area contributed by atoms with Gasteiger partial charge in [-0.15, -0.1) is 11.8 Å². The van der Waals surface area contributed by atoms with Crippen molar-refractivity contribution in [3.63, 3.8) is 0 Å². The average molecular weight is 327 g/mol. The van der Waals surface area contributed by atoms with E-state index >= 15 is 0 Å². The van der Waals surface area contributed by atoms with E-state index in [-0.39, 0.29) is 5.60 Å². The first-order valence-corrected chi connectivity index (χ1v) is 10.7. The van der Waals surface area contributed by atoms with Gasteiger partial charge in [-0.2, -0.15) is 0 Å². The lowest BCUT2D eigenvalue weighted by Gasteiger charge is -2.59. The molecular formula is C19H34O2S. The second-order valence-electron chi connectivity index (χ2n) is 8.58. The summed E-state index contributed by atoms with van der Waals surface area (Å²) in [5.74, 6) is 3.53. The molecule has 0 radical (unpaired) electrons. The largest absolute Gasteiger partial charge is 0.390 e. The fraction of sp³-hybridized carbons (Fsp3) is 1.00. The van der Waals surface area contributed by atoms with Gasteiger partial charge in [0, 0.05) is 5.92 Å². The van der Waals surface area contributed by atoms with E-state index in [4.69, 9.17) is 4.74 Å². The Labute approximate surface area is 140 Å². The second kappa shape index (κ2) is 6.64. The van der Waals surface area contributed by atoms with Crippen LogP contribution < -0.4 is 0 Å². The zero-order chi connectivity index (χ0) is 15.8. The van der Waals surface area contributed by atoms with Crippen LogP contribution in [0.5, 0.6) is 0 Å². The predicted molar refractivity (Wildman–Crippen MR) is 94.0 cm³/mol. The van der Waals surface area contributed by atoms with E-state index in [9.17, 15) is 5.11 Å². The third-order valence-corrected chi connectivity index (χ3v) is 7.21. The molecule has 0 aromatic carbocycles. The van der Waals surface area contributed by atoms with E-state index in [0.29, 0.717) is 11.8 Å². The van der Waals surface area contributed by atoms with E-state index in [0.717, 1.165) is 24.2 Å². The van der Waals surface area contributed by atoms with Crippen molar-refractivity contribution in [2.24, 2.45) is 23.7 Å². The first kappa shape index (κ1) is 17.1. The van der Waals surface area contributed by atoms with Crippen LogP contribution in [0.25, 0.3) is 0 Å². The molecule has 0 spiro atoms. The molecule has 0 aliphatic heterocycles. The summed E-state index contributed by atoms with van der Waals surface area (Å²) in [7, 11) is 0. The maximum Gasteiger partial charge on any atom is 0.0926 e. The summed E-state index contributed by atoms with van der Waals surface area (Å²) in [5, 5.41) is 10.9. The fourth-order valence-electron chi connectivity index (χ4n) is 6.00. The number of fused-ring (bicyclic) bond motifs is 2. The van der Waals surface area contributed by atoms with E-state index < -0.39 is 5.60 Å². The lowest BCUT2D eigenvalue weighted by atomic mass is 9.52. The first-order chi connectivity index (χ1) is 10.5. The van der Waals surface area contributed by atoms with Crippen LogP contribution in [0.4, 0.5) is 0 Å². The Bertz CT molecular complexity index is 378. The summed E-state index contributed by atoms with van der Waals surface area (Å²) in [4.78, 5) is 0. The molecule has 3 heteroatoms. The molecule has 0 bridgehead atoms. The van der Waals surface area contributed by atoms with Crippen molar-refractivity contribution in [2.75, 3.05) is 12.2 Å². The van der Waals surface area contributed by atoms with E-state index in [1.54, 1.807) is 11.8 Å². The van der Waals surface area contributed by atoms with Crippen molar-refractivity contribution in [2.45, 2.75) is 82.8 Å². The fourth-order valence-corrected chi connectivity index (χ4v) is 6.34. The third-order valence-electron chi connectivity index (χ3n) is 6.86. The third kappa shape index (κ3) is 3.10. The molecule has 5 unspecified atom stereocenters. The van der Waals surface area contributed by atoms with Gasteiger partial charge in [0.25, 0.3) is 0 Å². The zero-order valence-electron chi connectivity index (χ0n) is 14.6. The molecule has 3 aliphatic carbocycles. The van der Waals surface area contributed by atoms with Gasteiger partial charge >= 0.3 is 0 Å². The van der Waals surface area contributed by atoms with Gasteiger partial charge < -0.3 is 9.84 Å². The number of rotatable bonds is 4. The van der Waals surface area contributed by atoms with Crippen molar-refractivity contribution < 1.29 is 9.84 Å². The van der Waals surface area contributed by atoms with Gasteiger partial charge in [-0.25, -0.2) is 0 Å². The van der Waals surface area contributed by atoms with Crippen molar-refractivity contribution in [1.82, 2.24) is 0 Å². The highest BCUT2D eigenvalue weighted by Crippen LogP contribution is 2.58. The number of thioether (sulfide) groups is 1. The number of ether oxygens (including phenoxy) is 1. The number of aliphatic hydroxyl groups is 1. The van der Waals surface area contributed by atoms with Gasteiger partial charge in [0.1, 0.15) is 0 Å². The quantitative estimate of drug-likeness (QED) is 0.749. The molecule has 22 heavy (non-hydrogen) atoms. The average Bonchev–Trinajstić information content (AvgIpc) is 2.49. The first-order valence-electron chi connectivity index (χ1n) is 9.32. The molecule has 3 rings (SSSR count). The van der Waals surface area contributed by atoms with Gasteiger partial charge in [-0.3, -0.25) is 0 Å². The topological polar surface area (TPSA) is 29.5 Å². The Morgan fingerprint density at radius 2 is 1.82 bits per heavy atom. The summed E-state index contributed by atoms with van der Waals surface area (Å²) >= 11 is 1.78. The number of hydrogen-bond donors (Lipinski definition) is 1. The van der Waals surface area contributed by atoms with Crippen molar-refractivity contribution in [1.29, 1.82) is 0 Å². The Balaban J connectivity index is 1.90. The van der Waals surface area contributed by atoms with Crippen LogP contribution >= 0.6 is 11.8 Å². The molecule has 3 aliphatic rings. The molecule has 0 heterocycles. The van der Waals surface area contributed by atoms with Crippen LogP contribution in [0.2, 0.25) is 0 Å². The zero-order valence-corrected chi connectivity index (χ0v) is 15.5. The highest BCUT2D eigenvalue weighted by Gasteiger charge is 2.57. The number of hydrogen-bond acceptors (Lipinski definition) is 3. The molecule has 0 amide bonds. The van der Waals surface area contributed by atoms with Crippen LogP contribution in [-0.2, 0) is 4.74 Å². The summed E-state index contributed by atoms with van der Waals surface area (Å²) < 4.78 is 6.61. The Kier molecular flexibility index (Phi) is 5.17. The Hall–Kier alpha value is 0.270. The van der Waals surface area contributed by atoms with E-state index in [1.165, 1.54) is 51.4 Å². The molecular weight excluding hydrogens is 292 g/mol. The minimum atomic E-state index is -0.626. The van der Waals surface area contributed by atoms with Gasteiger partial charge in [0.15, 0.2) is 0 Å². The maximum atomic E-state index is 10.9. The summed E-state index contributed by atoms with van der Waals surface area (Å²) in [5.41, 5.74) is -0.684. The van der Waals surface area contributed by atoms with Crippen LogP contribution in [0.15, 0.2) is 0 Å². The van der Waals surface area contributed by atoms with Gasteiger partial charge in [0.2, 0.25) is 0 Å². The minimum absolute atomic E-state index is 0.0575. The SMILES string of the molecule is CSCOC12CC3CCCCC3CC1CCCC2C(C)(C)O. The highest BCUT2D eigenvalue weighted by atomic mass is 32.2. The van der Waals surface area contributed by atoms with Crippen LogP contribution in [0.1, 0.15) is 71.6 Å². The van der Waals surface area contributed by atoms with Crippen LogP contribution in [0, 0.1) is 23.7 Å². The normalized spacial score (nSPS) is 42.5. The molecule has 0 aromatic rings. The standard InChI is InChI=1S/C19H34O2S/c1-18(2,20)17-10-6-9-16-11-14-7-4-5-8-15(14)12-19(16,17)21-13-22-3/h14-17,20H,4-13H2,1-3H3. The molecule has 3 fully saturated rings. The summed E-state index contributed by atoms with van der Waals surface area (Å²) in [6.45, 7) is 4.02. The Morgan fingerprint density at radius 3 is 2.50 bits per heavy atom. The molecule has 128 valence electrons. The lowest BCUT2D eigenvalue weighted by molar-refractivity contribution is -0.214. The van der Waals surface area contributed by atoms with Gasteiger partial charge in [-0.05, 0) is 63.5 Å². The Morgan fingerprint density at radius 1 is 1.09 bits per heavy atom.